The van der Waals surface area contributed by atoms with Gasteiger partial charge in [-0.05, 0) is 28.1 Å². The van der Waals surface area contributed by atoms with Crippen LogP contribution in [0.25, 0.3) is 0 Å². The number of rotatable bonds is 2. The smallest absolute Gasteiger partial charge is 0.179 e. The van der Waals surface area contributed by atoms with Crippen LogP contribution in [0.15, 0.2) is 16.6 Å². The van der Waals surface area contributed by atoms with Gasteiger partial charge >= 0.3 is 0 Å². The summed E-state index contributed by atoms with van der Waals surface area (Å²) < 4.78 is 25.8. The summed E-state index contributed by atoms with van der Waals surface area (Å²) in [6, 6.07) is 1.73. The first-order chi connectivity index (χ1) is 6.06. The summed E-state index contributed by atoms with van der Waals surface area (Å²) in [6.45, 7) is -0.335. The Bertz CT molecular complexity index is 354. The molecule has 0 saturated carbocycles. The Morgan fingerprint density at radius 1 is 1.38 bits per heavy atom. The van der Waals surface area contributed by atoms with Crippen LogP contribution < -0.4 is 5.73 Å². The van der Waals surface area contributed by atoms with Crippen molar-refractivity contribution in [2.75, 3.05) is 6.54 Å². The first-order valence-electron chi connectivity index (χ1n) is 3.44. The van der Waals surface area contributed by atoms with E-state index in [2.05, 4.69) is 15.9 Å². The molecule has 0 radical (unpaired) electrons. The summed E-state index contributed by atoms with van der Waals surface area (Å²) >= 11 is 2.79. The number of hydrogen-bond acceptors (Lipinski definition) is 2. The van der Waals surface area contributed by atoms with E-state index in [0.717, 1.165) is 12.1 Å². The molecule has 1 aromatic carbocycles. The van der Waals surface area contributed by atoms with Crippen LogP contribution in [0.4, 0.5) is 8.78 Å². The van der Waals surface area contributed by atoms with E-state index in [1.165, 1.54) is 0 Å². The van der Waals surface area contributed by atoms with Crippen LogP contribution in [0.5, 0.6) is 0 Å². The number of benzene rings is 1. The van der Waals surface area contributed by atoms with Gasteiger partial charge in [0.1, 0.15) is 11.6 Å². The van der Waals surface area contributed by atoms with Gasteiger partial charge in [0.25, 0.3) is 0 Å². The number of hydrogen-bond donors (Lipinski definition) is 1. The largest absolute Gasteiger partial charge is 0.324 e. The van der Waals surface area contributed by atoms with Crippen molar-refractivity contribution < 1.29 is 13.6 Å². The van der Waals surface area contributed by atoms with Crippen molar-refractivity contribution in [3.05, 3.63) is 33.8 Å². The first-order valence-corrected chi connectivity index (χ1v) is 4.23. The molecule has 2 N–H and O–H groups in total. The van der Waals surface area contributed by atoms with Crippen molar-refractivity contribution >= 4 is 21.7 Å². The molecule has 0 heterocycles. The second kappa shape index (κ2) is 3.93. The quantitative estimate of drug-likeness (QED) is 0.643. The van der Waals surface area contributed by atoms with E-state index in [9.17, 15) is 13.6 Å². The molecule has 13 heavy (non-hydrogen) atoms. The Morgan fingerprint density at radius 2 is 2.00 bits per heavy atom. The van der Waals surface area contributed by atoms with E-state index in [0.29, 0.717) is 0 Å². The standard InChI is InChI=1S/C8H6BrF2NO/c9-5-2-6(10)4(1-7(5)11)8(13)3-12/h1-2H,3,12H2. The van der Waals surface area contributed by atoms with E-state index >= 15 is 0 Å². The second-order valence-electron chi connectivity index (χ2n) is 2.37. The highest BCUT2D eigenvalue weighted by Gasteiger charge is 2.13. The van der Waals surface area contributed by atoms with Crippen LogP contribution in [0.3, 0.4) is 0 Å². The fourth-order valence-electron chi connectivity index (χ4n) is 0.846. The summed E-state index contributed by atoms with van der Waals surface area (Å²) in [5, 5.41) is 0. The third kappa shape index (κ3) is 2.10. The highest BCUT2D eigenvalue weighted by Crippen LogP contribution is 2.19. The molecule has 0 amide bonds. The van der Waals surface area contributed by atoms with Gasteiger partial charge in [-0.3, -0.25) is 4.79 Å². The van der Waals surface area contributed by atoms with Gasteiger partial charge in [0.2, 0.25) is 0 Å². The normalized spacial score (nSPS) is 10.2. The van der Waals surface area contributed by atoms with Gasteiger partial charge in [-0.1, -0.05) is 0 Å². The average molecular weight is 250 g/mol. The molecule has 0 unspecified atom stereocenters. The minimum atomic E-state index is -0.774. The maximum Gasteiger partial charge on any atom is 0.179 e. The van der Waals surface area contributed by atoms with Crippen molar-refractivity contribution in [1.29, 1.82) is 0 Å². The fraction of sp³-hybridized carbons (Fsp3) is 0.125. The number of ketones is 1. The molecule has 0 fully saturated rings. The molecule has 1 rings (SSSR count). The summed E-state index contributed by atoms with van der Waals surface area (Å²) in [5.41, 5.74) is 4.69. The summed E-state index contributed by atoms with van der Waals surface area (Å²) in [7, 11) is 0. The van der Waals surface area contributed by atoms with Crippen LogP contribution in [-0.4, -0.2) is 12.3 Å². The second-order valence-corrected chi connectivity index (χ2v) is 3.23. The molecule has 2 nitrogen and oxygen atoms in total. The van der Waals surface area contributed by atoms with Crippen molar-refractivity contribution in [2.24, 2.45) is 5.73 Å². The van der Waals surface area contributed by atoms with E-state index in [-0.39, 0.29) is 16.6 Å². The van der Waals surface area contributed by atoms with E-state index in [4.69, 9.17) is 5.73 Å². The van der Waals surface area contributed by atoms with Crippen molar-refractivity contribution in [1.82, 2.24) is 0 Å². The van der Waals surface area contributed by atoms with Crippen LogP contribution in [0.1, 0.15) is 10.4 Å². The van der Waals surface area contributed by atoms with Crippen LogP contribution in [0.2, 0.25) is 0 Å². The van der Waals surface area contributed by atoms with Gasteiger partial charge in [-0.25, -0.2) is 8.78 Å². The minimum Gasteiger partial charge on any atom is -0.324 e. The zero-order chi connectivity index (χ0) is 10.0. The molecule has 0 aliphatic heterocycles. The van der Waals surface area contributed by atoms with E-state index < -0.39 is 17.4 Å². The molecule has 0 aromatic heterocycles. The topological polar surface area (TPSA) is 43.1 Å². The third-order valence-electron chi connectivity index (χ3n) is 1.50. The predicted molar refractivity (Wildman–Crippen MR) is 47.4 cm³/mol. The van der Waals surface area contributed by atoms with Crippen molar-refractivity contribution in [3.63, 3.8) is 0 Å². The molecule has 0 saturated heterocycles. The van der Waals surface area contributed by atoms with Crippen molar-refractivity contribution in [3.8, 4) is 0 Å². The first kappa shape index (κ1) is 10.3. The third-order valence-corrected chi connectivity index (χ3v) is 2.10. The molecule has 0 bridgehead atoms. The van der Waals surface area contributed by atoms with E-state index in [1.807, 2.05) is 0 Å². The maximum absolute atomic E-state index is 13.0. The zero-order valence-corrected chi connectivity index (χ0v) is 8.07. The average Bonchev–Trinajstić information content (AvgIpc) is 2.10. The molecule has 0 aliphatic carbocycles. The Kier molecular flexibility index (Phi) is 3.11. The maximum atomic E-state index is 13.0. The lowest BCUT2D eigenvalue weighted by molar-refractivity contribution is 0.0997. The van der Waals surface area contributed by atoms with E-state index in [1.54, 1.807) is 0 Å². The number of nitrogens with two attached hydrogens (primary N) is 1. The Balaban J connectivity index is 3.23. The lowest BCUT2D eigenvalue weighted by Crippen LogP contribution is -2.15. The minimum absolute atomic E-state index is 0.0152. The monoisotopic (exact) mass is 249 g/mol. The lowest BCUT2D eigenvalue weighted by atomic mass is 10.1. The van der Waals surface area contributed by atoms with Crippen LogP contribution >= 0.6 is 15.9 Å². The van der Waals surface area contributed by atoms with Gasteiger partial charge in [0.15, 0.2) is 5.78 Å². The number of halogens is 3. The number of Topliss-reactive ketones (excluding diaryl/α,β-unsaturated/α-hetero) is 1. The molecular weight excluding hydrogens is 244 g/mol. The van der Waals surface area contributed by atoms with Gasteiger partial charge < -0.3 is 5.73 Å². The van der Waals surface area contributed by atoms with Crippen LogP contribution in [0, 0.1) is 11.6 Å². The fourth-order valence-corrected chi connectivity index (χ4v) is 1.16. The summed E-state index contributed by atoms with van der Waals surface area (Å²) in [6.07, 6.45) is 0. The van der Waals surface area contributed by atoms with Crippen molar-refractivity contribution in [2.45, 2.75) is 0 Å². The Labute approximate surface area is 81.9 Å². The van der Waals surface area contributed by atoms with Gasteiger partial charge in [-0.15, -0.1) is 0 Å². The summed E-state index contributed by atoms with van der Waals surface area (Å²) in [4.78, 5) is 11.0. The molecule has 0 aliphatic rings. The molecular formula is C8H6BrF2NO. The van der Waals surface area contributed by atoms with Gasteiger partial charge in [-0.2, -0.15) is 0 Å². The van der Waals surface area contributed by atoms with Gasteiger partial charge in [0, 0.05) is 0 Å². The Hall–Kier alpha value is -0.810. The highest BCUT2D eigenvalue weighted by atomic mass is 79.9. The number of carbonyl (C=O) groups is 1. The summed E-state index contributed by atoms with van der Waals surface area (Å²) in [5.74, 6) is -2.08. The predicted octanol–water partition coefficient (Wildman–Crippen LogP) is 1.87. The van der Waals surface area contributed by atoms with Crippen LogP contribution in [-0.2, 0) is 0 Å². The SMILES string of the molecule is NCC(=O)c1cc(F)c(Br)cc1F. The molecule has 1 aromatic rings. The van der Waals surface area contributed by atoms with Gasteiger partial charge in [0.05, 0.1) is 16.6 Å². The molecule has 70 valence electrons. The molecule has 5 heteroatoms. The lowest BCUT2D eigenvalue weighted by Gasteiger charge is -2.01. The number of carbonyl (C=O) groups excluding carboxylic acids is 1. The molecule has 0 atom stereocenters. The highest BCUT2D eigenvalue weighted by molar-refractivity contribution is 9.10. The molecule has 0 spiro atoms. The Morgan fingerprint density at radius 3 is 2.54 bits per heavy atom. The zero-order valence-electron chi connectivity index (χ0n) is 6.48.